The molecule has 2 atom stereocenters. The van der Waals surface area contributed by atoms with Crippen molar-refractivity contribution < 1.29 is 9.32 Å². The van der Waals surface area contributed by atoms with Gasteiger partial charge in [-0.05, 0) is 51.4 Å². The van der Waals surface area contributed by atoms with Gasteiger partial charge in [0.1, 0.15) is 11.6 Å². The van der Waals surface area contributed by atoms with Crippen LogP contribution in [0.15, 0.2) is 4.52 Å². The third-order valence-electron chi connectivity index (χ3n) is 6.96. The van der Waals surface area contributed by atoms with Crippen molar-refractivity contribution in [1.29, 1.82) is 0 Å². The maximum atomic E-state index is 12.8. The predicted molar refractivity (Wildman–Crippen MR) is 123 cm³/mol. The Morgan fingerprint density at radius 1 is 1.25 bits per heavy atom. The lowest BCUT2D eigenvalue weighted by atomic mass is 9.83. The Morgan fingerprint density at radius 3 is 2.94 bits per heavy atom. The van der Waals surface area contributed by atoms with E-state index in [0.29, 0.717) is 29.5 Å². The van der Waals surface area contributed by atoms with E-state index in [1.54, 1.807) is 0 Å². The standard InChI is InChI=1S/C24H32N6O2/c1-4-5-11-18(31)16-9-6-10-17-20(29-32-21(16)17)23-25-22-19(15(3)27-28-22)24(26-23)30-12-7-8-14(2)13-30/h14,16H,4-13H2,1-3H3,(H,25,26,27,28). The molecule has 1 aliphatic heterocycles. The summed E-state index contributed by atoms with van der Waals surface area (Å²) < 4.78 is 5.78. The third-order valence-corrected chi connectivity index (χ3v) is 6.96. The van der Waals surface area contributed by atoms with Crippen molar-refractivity contribution in [3.63, 3.8) is 0 Å². The molecule has 3 aromatic heterocycles. The van der Waals surface area contributed by atoms with Gasteiger partial charge in [0.2, 0.25) is 0 Å². The van der Waals surface area contributed by atoms with E-state index in [1.807, 2.05) is 6.92 Å². The normalized spacial score (nSPS) is 21.2. The Balaban J connectivity index is 1.56. The van der Waals surface area contributed by atoms with Crippen LogP contribution in [0.4, 0.5) is 5.82 Å². The fourth-order valence-electron chi connectivity index (χ4n) is 5.22. The maximum absolute atomic E-state index is 12.8. The van der Waals surface area contributed by atoms with Crippen molar-refractivity contribution in [1.82, 2.24) is 25.3 Å². The highest BCUT2D eigenvalue weighted by atomic mass is 16.5. The van der Waals surface area contributed by atoms with Crippen molar-refractivity contribution in [2.24, 2.45) is 5.92 Å². The number of hydrogen-bond donors (Lipinski definition) is 1. The first-order valence-electron chi connectivity index (χ1n) is 12.1. The van der Waals surface area contributed by atoms with Crippen molar-refractivity contribution >= 4 is 22.6 Å². The molecule has 1 saturated heterocycles. The first-order valence-corrected chi connectivity index (χ1v) is 12.1. The van der Waals surface area contributed by atoms with Crippen molar-refractivity contribution in [3.8, 4) is 11.5 Å². The molecule has 0 amide bonds. The van der Waals surface area contributed by atoms with Gasteiger partial charge in [0.05, 0.1) is 11.3 Å². The average molecular weight is 437 g/mol. The SMILES string of the molecule is CCCCC(=O)C1CCCc2c(-c3nc(N4CCCC(C)C4)c4c(C)[nH]nc4n3)noc21. The largest absolute Gasteiger partial charge is 0.360 e. The fourth-order valence-corrected chi connectivity index (χ4v) is 5.22. The van der Waals surface area contributed by atoms with E-state index in [0.717, 1.165) is 79.8 Å². The number of piperidine rings is 1. The van der Waals surface area contributed by atoms with Gasteiger partial charge in [-0.2, -0.15) is 5.10 Å². The number of carbonyl (C=O) groups is 1. The Morgan fingerprint density at radius 2 is 2.12 bits per heavy atom. The molecular weight excluding hydrogens is 404 g/mol. The van der Waals surface area contributed by atoms with Crippen LogP contribution in [-0.4, -0.2) is 44.2 Å². The molecule has 32 heavy (non-hydrogen) atoms. The number of aryl methyl sites for hydroxylation is 1. The number of rotatable bonds is 6. The van der Waals surface area contributed by atoms with Gasteiger partial charge in [-0.25, -0.2) is 9.97 Å². The fraction of sp³-hybridized carbons (Fsp3) is 0.625. The van der Waals surface area contributed by atoms with Crippen LogP contribution in [0.5, 0.6) is 0 Å². The number of carbonyl (C=O) groups excluding carboxylic acids is 1. The quantitative estimate of drug-likeness (QED) is 0.596. The lowest BCUT2D eigenvalue weighted by Crippen LogP contribution is -2.35. The van der Waals surface area contributed by atoms with Crippen molar-refractivity contribution in [2.75, 3.05) is 18.0 Å². The van der Waals surface area contributed by atoms with Crippen LogP contribution in [0.25, 0.3) is 22.6 Å². The molecule has 0 radical (unpaired) electrons. The van der Waals surface area contributed by atoms with E-state index in [9.17, 15) is 4.79 Å². The zero-order chi connectivity index (χ0) is 22.2. The van der Waals surface area contributed by atoms with E-state index in [1.165, 1.54) is 6.42 Å². The number of aromatic amines is 1. The molecule has 4 heterocycles. The molecular formula is C24H32N6O2. The second-order valence-corrected chi connectivity index (χ2v) is 9.50. The number of H-pyrrole nitrogens is 1. The van der Waals surface area contributed by atoms with Gasteiger partial charge in [-0.3, -0.25) is 9.89 Å². The number of nitrogens with one attached hydrogen (secondary N) is 1. The topological polar surface area (TPSA) is 101 Å². The first-order chi connectivity index (χ1) is 15.6. The van der Waals surface area contributed by atoms with Gasteiger partial charge in [-0.15, -0.1) is 0 Å². The molecule has 8 heteroatoms. The number of fused-ring (bicyclic) bond motifs is 2. The predicted octanol–water partition coefficient (Wildman–Crippen LogP) is 4.73. The highest BCUT2D eigenvalue weighted by Crippen LogP contribution is 2.39. The summed E-state index contributed by atoms with van der Waals surface area (Å²) in [5, 5.41) is 12.9. The molecule has 170 valence electrons. The van der Waals surface area contributed by atoms with Crippen LogP contribution in [0.3, 0.4) is 0 Å². The highest BCUT2D eigenvalue weighted by Gasteiger charge is 2.34. The highest BCUT2D eigenvalue weighted by molar-refractivity contribution is 5.91. The summed E-state index contributed by atoms with van der Waals surface area (Å²) in [5.74, 6) is 2.89. The number of anilines is 1. The lowest BCUT2D eigenvalue weighted by molar-refractivity contribution is -0.121. The number of Topliss-reactive ketones (excluding diaryl/α,β-unsaturated/α-hetero) is 1. The number of aromatic nitrogens is 5. The molecule has 0 bridgehead atoms. The summed E-state index contributed by atoms with van der Waals surface area (Å²) in [7, 11) is 0. The van der Waals surface area contributed by atoms with E-state index in [-0.39, 0.29) is 11.7 Å². The summed E-state index contributed by atoms with van der Waals surface area (Å²) in [6.45, 7) is 8.36. The number of unbranched alkanes of at least 4 members (excludes halogenated alkanes) is 1. The van der Waals surface area contributed by atoms with Gasteiger partial charge in [-0.1, -0.05) is 25.4 Å². The van der Waals surface area contributed by atoms with Crippen LogP contribution in [0, 0.1) is 12.8 Å². The van der Waals surface area contributed by atoms with Gasteiger partial charge in [0.25, 0.3) is 0 Å². The third kappa shape index (κ3) is 3.69. The number of ketones is 1. The van der Waals surface area contributed by atoms with Crippen molar-refractivity contribution in [3.05, 3.63) is 17.0 Å². The molecule has 5 rings (SSSR count). The van der Waals surface area contributed by atoms with Crippen LogP contribution < -0.4 is 4.90 Å². The first kappa shape index (κ1) is 21.1. The lowest BCUT2D eigenvalue weighted by Gasteiger charge is -2.32. The summed E-state index contributed by atoms with van der Waals surface area (Å²) in [4.78, 5) is 24.9. The van der Waals surface area contributed by atoms with Gasteiger partial charge in [0, 0.05) is 30.8 Å². The second-order valence-electron chi connectivity index (χ2n) is 9.50. The van der Waals surface area contributed by atoms with E-state index >= 15 is 0 Å². The Kier molecular flexibility index (Phi) is 5.69. The molecule has 2 aliphatic rings. The molecule has 0 saturated carbocycles. The van der Waals surface area contributed by atoms with Gasteiger partial charge >= 0.3 is 0 Å². The Hall–Kier alpha value is -2.77. The van der Waals surface area contributed by atoms with Crippen LogP contribution in [0.2, 0.25) is 0 Å². The average Bonchev–Trinajstić information content (AvgIpc) is 3.40. The van der Waals surface area contributed by atoms with E-state index in [2.05, 4.69) is 34.1 Å². The maximum Gasteiger partial charge on any atom is 0.187 e. The summed E-state index contributed by atoms with van der Waals surface area (Å²) in [6, 6.07) is 0. The summed E-state index contributed by atoms with van der Waals surface area (Å²) in [5.41, 5.74) is 3.30. The minimum atomic E-state index is -0.190. The van der Waals surface area contributed by atoms with Gasteiger partial charge in [0.15, 0.2) is 22.9 Å². The molecule has 0 aromatic carbocycles. The molecule has 1 aliphatic carbocycles. The zero-order valence-corrected chi connectivity index (χ0v) is 19.3. The van der Waals surface area contributed by atoms with E-state index in [4.69, 9.17) is 14.5 Å². The number of hydrogen-bond acceptors (Lipinski definition) is 7. The minimum absolute atomic E-state index is 0.190. The molecule has 0 spiro atoms. The van der Waals surface area contributed by atoms with Crippen LogP contribution in [0.1, 0.15) is 81.7 Å². The monoisotopic (exact) mass is 436 g/mol. The van der Waals surface area contributed by atoms with Crippen LogP contribution >= 0.6 is 0 Å². The summed E-state index contributed by atoms with van der Waals surface area (Å²) >= 11 is 0. The molecule has 2 unspecified atom stereocenters. The summed E-state index contributed by atoms with van der Waals surface area (Å²) in [6.07, 6.45) is 7.55. The van der Waals surface area contributed by atoms with E-state index < -0.39 is 0 Å². The Labute approximate surface area is 188 Å². The van der Waals surface area contributed by atoms with Crippen LogP contribution in [-0.2, 0) is 11.2 Å². The zero-order valence-electron chi connectivity index (χ0n) is 19.3. The molecule has 1 N–H and O–H groups in total. The van der Waals surface area contributed by atoms with Crippen molar-refractivity contribution in [2.45, 2.75) is 78.1 Å². The molecule has 1 fully saturated rings. The molecule has 8 nitrogen and oxygen atoms in total. The second kappa shape index (κ2) is 8.64. The van der Waals surface area contributed by atoms with Gasteiger partial charge < -0.3 is 9.42 Å². The Bertz CT molecular complexity index is 1130. The smallest absolute Gasteiger partial charge is 0.187 e. The molecule has 3 aromatic rings. The number of nitrogens with zero attached hydrogens (tertiary/aromatic N) is 5. The minimum Gasteiger partial charge on any atom is -0.360 e.